The number of carbonyl (C=O) groups is 1. The van der Waals surface area contributed by atoms with E-state index in [0.717, 1.165) is 0 Å². The Hall–Kier alpha value is -0.693. The summed E-state index contributed by atoms with van der Waals surface area (Å²) in [6.07, 6.45) is 2.50. The second kappa shape index (κ2) is 6.82. The molecule has 22 heavy (non-hydrogen) atoms. The topological polar surface area (TPSA) is 54.0 Å². The second-order valence-electron chi connectivity index (χ2n) is 7.59. The van der Waals surface area contributed by atoms with E-state index in [-0.39, 0.29) is 17.2 Å². The molecule has 1 fully saturated rings. The fourth-order valence-corrected chi connectivity index (χ4v) is 2.92. The molecule has 0 amide bonds. The van der Waals surface area contributed by atoms with E-state index in [1.807, 2.05) is 13.8 Å². The van der Waals surface area contributed by atoms with Gasteiger partial charge < -0.3 is 18.6 Å². The van der Waals surface area contributed by atoms with Crippen molar-refractivity contribution >= 4 is 14.3 Å². The summed E-state index contributed by atoms with van der Waals surface area (Å²) in [5, 5.41) is 0.138. The van der Waals surface area contributed by atoms with E-state index >= 15 is 0 Å². The lowest BCUT2D eigenvalue weighted by Gasteiger charge is -2.37. The van der Waals surface area contributed by atoms with Gasteiger partial charge in [-0.2, -0.15) is 0 Å². The normalized spacial score (nSPS) is 25.6. The van der Waals surface area contributed by atoms with E-state index in [9.17, 15) is 4.79 Å². The number of rotatable bonds is 5. The van der Waals surface area contributed by atoms with Gasteiger partial charge in [0.1, 0.15) is 12.2 Å². The average molecular weight is 330 g/mol. The summed E-state index contributed by atoms with van der Waals surface area (Å²) in [6, 6.07) is 0. The Balaban J connectivity index is 2.74. The summed E-state index contributed by atoms with van der Waals surface area (Å²) >= 11 is 0. The van der Waals surface area contributed by atoms with Crippen molar-refractivity contribution in [2.24, 2.45) is 0 Å². The largest absolute Gasteiger partial charge is 0.466 e. The van der Waals surface area contributed by atoms with Crippen LogP contribution in [0.25, 0.3) is 0 Å². The van der Waals surface area contributed by atoms with Crippen LogP contribution in [0.4, 0.5) is 0 Å². The van der Waals surface area contributed by atoms with E-state index in [2.05, 4.69) is 38.6 Å². The molecule has 0 unspecified atom stereocenters. The Kier molecular flexibility index (Phi) is 6.00. The van der Waals surface area contributed by atoms with Crippen molar-refractivity contribution < 1.29 is 23.4 Å². The van der Waals surface area contributed by atoms with Crippen molar-refractivity contribution in [2.75, 3.05) is 13.7 Å². The van der Waals surface area contributed by atoms with Gasteiger partial charge in [-0.05, 0) is 38.1 Å². The highest BCUT2D eigenvalue weighted by Gasteiger charge is 2.43. The highest BCUT2D eigenvalue weighted by atomic mass is 28.4. The van der Waals surface area contributed by atoms with Gasteiger partial charge in [-0.25, -0.2) is 4.79 Å². The van der Waals surface area contributed by atoms with Crippen LogP contribution in [-0.4, -0.2) is 46.0 Å². The molecule has 128 valence electrons. The number of esters is 1. The molecule has 1 saturated heterocycles. The highest BCUT2D eigenvalue weighted by molar-refractivity contribution is 6.74. The Bertz CT molecular complexity index is 423. The third-order valence-corrected chi connectivity index (χ3v) is 8.76. The average Bonchev–Trinajstić information content (AvgIpc) is 2.67. The summed E-state index contributed by atoms with van der Waals surface area (Å²) in [5.74, 6) is -1.09. The summed E-state index contributed by atoms with van der Waals surface area (Å²) in [6.45, 7) is 15.2. The Morgan fingerprint density at radius 3 is 2.36 bits per heavy atom. The van der Waals surface area contributed by atoms with Crippen LogP contribution in [0.5, 0.6) is 0 Å². The summed E-state index contributed by atoms with van der Waals surface area (Å²) in [5.41, 5.74) is 0. The number of hydrogen-bond acceptors (Lipinski definition) is 5. The summed E-state index contributed by atoms with van der Waals surface area (Å²) in [4.78, 5) is 11.3. The first-order valence-corrected chi connectivity index (χ1v) is 10.5. The highest BCUT2D eigenvalue weighted by Crippen LogP contribution is 2.37. The van der Waals surface area contributed by atoms with Crippen LogP contribution >= 0.6 is 0 Å². The minimum absolute atomic E-state index is 0.138. The van der Waals surface area contributed by atoms with E-state index in [1.54, 1.807) is 6.08 Å². The molecular weight excluding hydrogens is 300 g/mol. The van der Waals surface area contributed by atoms with Crippen LogP contribution in [0.3, 0.4) is 0 Å². The number of methoxy groups -OCH3 is 1. The predicted octanol–water partition coefficient (Wildman–Crippen LogP) is 3.26. The molecule has 1 heterocycles. The van der Waals surface area contributed by atoms with Gasteiger partial charge in [0.2, 0.25) is 0 Å². The van der Waals surface area contributed by atoms with E-state index in [1.165, 1.54) is 13.2 Å². The predicted molar refractivity (Wildman–Crippen MR) is 88.1 cm³/mol. The lowest BCUT2D eigenvalue weighted by molar-refractivity contribution is -0.146. The second-order valence-corrected chi connectivity index (χ2v) is 12.4. The van der Waals surface area contributed by atoms with Crippen LogP contribution in [0, 0.1) is 0 Å². The molecule has 1 aliphatic heterocycles. The van der Waals surface area contributed by atoms with Gasteiger partial charge in [-0.1, -0.05) is 20.8 Å². The molecular formula is C16H30O5Si. The van der Waals surface area contributed by atoms with Gasteiger partial charge >= 0.3 is 5.97 Å². The quantitative estimate of drug-likeness (QED) is 0.440. The maximum absolute atomic E-state index is 11.3. The first-order valence-electron chi connectivity index (χ1n) is 7.64. The zero-order chi connectivity index (χ0) is 17.2. The number of hydrogen-bond donors (Lipinski definition) is 0. The molecule has 5 nitrogen and oxygen atoms in total. The SMILES string of the molecule is COC(=O)/C=C/[C@H]1OC(C)(C)O[C@H]1CO[Si](C)(C)C(C)(C)C. The van der Waals surface area contributed by atoms with Crippen molar-refractivity contribution in [3.63, 3.8) is 0 Å². The maximum atomic E-state index is 11.3. The van der Waals surface area contributed by atoms with Crippen LogP contribution in [-0.2, 0) is 23.4 Å². The molecule has 0 N–H and O–H groups in total. The Morgan fingerprint density at radius 2 is 1.86 bits per heavy atom. The van der Waals surface area contributed by atoms with E-state index < -0.39 is 20.1 Å². The molecule has 0 bridgehead atoms. The summed E-state index contributed by atoms with van der Waals surface area (Å²) < 4.78 is 22.6. The van der Waals surface area contributed by atoms with Gasteiger partial charge in [0.05, 0.1) is 13.7 Å². The monoisotopic (exact) mass is 330 g/mol. The van der Waals surface area contributed by atoms with Crippen LogP contribution in [0.2, 0.25) is 18.1 Å². The first kappa shape index (κ1) is 19.4. The Morgan fingerprint density at radius 1 is 1.27 bits per heavy atom. The molecule has 0 spiro atoms. The molecule has 0 radical (unpaired) electrons. The molecule has 1 aliphatic rings. The van der Waals surface area contributed by atoms with Gasteiger partial charge in [-0.3, -0.25) is 0 Å². The van der Waals surface area contributed by atoms with Crippen molar-refractivity contribution in [1.29, 1.82) is 0 Å². The third kappa shape index (κ3) is 5.19. The van der Waals surface area contributed by atoms with Crippen LogP contribution < -0.4 is 0 Å². The smallest absolute Gasteiger partial charge is 0.330 e. The molecule has 6 heteroatoms. The molecule has 0 saturated carbocycles. The third-order valence-electron chi connectivity index (χ3n) is 4.26. The minimum atomic E-state index is -1.85. The first-order chi connectivity index (χ1) is 9.88. The lowest BCUT2D eigenvalue weighted by atomic mass is 10.2. The summed E-state index contributed by atoms with van der Waals surface area (Å²) in [7, 11) is -0.503. The molecule has 2 atom stereocenters. The fraction of sp³-hybridized carbons (Fsp3) is 0.812. The van der Waals surface area contributed by atoms with Crippen molar-refractivity contribution in [1.82, 2.24) is 0 Å². The van der Waals surface area contributed by atoms with Gasteiger partial charge in [0.25, 0.3) is 0 Å². The molecule has 0 aromatic heterocycles. The molecule has 0 aromatic rings. The fourth-order valence-electron chi connectivity index (χ4n) is 1.90. The zero-order valence-electron chi connectivity index (χ0n) is 15.1. The van der Waals surface area contributed by atoms with E-state index in [4.69, 9.17) is 13.9 Å². The standard InChI is InChI=1S/C16H30O5Si/c1-15(2,3)22(7,8)19-11-13-12(9-10-14(17)18-6)20-16(4,5)21-13/h9-10,12-13H,11H2,1-8H3/b10-9+/t12-,13+/m1/s1. The van der Waals surface area contributed by atoms with Gasteiger partial charge in [0, 0.05) is 6.08 Å². The minimum Gasteiger partial charge on any atom is -0.466 e. The van der Waals surface area contributed by atoms with Crippen LogP contribution in [0.1, 0.15) is 34.6 Å². The molecule has 0 aromatic carbocycles. The van der Waals surface area contributed by atoms with Crippen molar-refractivity contribution in [3.8, 4) is 0 Å². The van der Waals surface area contributed by atoms with Crippen molar-refractivity contribution in [2.45, 2.75) is 70.7 Å². The molecule has 0 aliphatic carbocycles. The number of carbonyl (C=O) groups excluding carboxylic acids is 1. The van der Waals surface area contributed by atoms with Crippen molar-refractivity contribution in [3.05, 3.63) is 12.2 Å². The van der Waals surface area contributed by atoms with Gasteiger partial charge in [0.15, 0.2) is 14.1 Å². The lowest BCUT2D eigenvalue weighted by Crippen LogP contribution is -2.43. The van der Waals surface area contributed by atoms with E-state index in [0.29, 0.717) is 6.61 Å². The maximum Gasteiger partial charge on any atom is 0.330 e. The molecule has 1 rings (SSSR count). The zero-order valence-corrected chi connectivity index (χ0v) is 16.1. The van der Waals surface area contributed by atoms with Crippen LogP contribution in [0.15, 0.2) is 12.2 Å². The van der Waals surface area contributed by atoms with Gasteiger partial charge in [-0.15, -0.1) is 0 Å². The number of ether oxygens (including phenoxy) is 3. The Labute approximate surface area is 135 Å².